The lowest BCUT2D eigenvalue weighted by Gasteiger charge is -2.18. The number of aryl methyl sites for hydroxylation is 1. The minimum atomic E-state index is -0.353. The fraction of sp³-hybridized carbons (Fsp3) is 0.176. The second-order valence-electron chi connectivity index (χ2n) is 4.93. The Kier molecular flexibility index (Phi) is 4.34. The van der Waals surface area contributed by atoms with Crippen molar-refractivity contribution in [3.05, 3.63) is 70.5 Å². The molecule has 0 aliphatic rings. The van der Waals surface area contributed by atoms with Gasteiger partial charge < -0.3 is 4.90 Å². The van der Waals surface area contributed by atoms with Crippen LogP contribution in [0.25, 0.3) is 0 Å². The third-order valence-electron chi connectivity index (χ3n) is 3.24. The average Bonchev–Trinajstić information content (AvgIpc) is 2.46. The molecule has 2 rings (SSSR count). The highest BCUT2D eigenvalue weighted by Crippen LogP contribution is 2.14. The Morgan fingerprint density at radius 3 is 2.71 bits per heavy atom. The van der Waals surface area contributed by atoms with E-state index in [1.54, 1.807) is 37.1 Å². The number of halogens is 1. The lowest BCUT2D eigenvalue weighted by atomic mass is 10.1. The molecule has 0 bridgehead atoms. The van der Waals surface area contributed by atoms with E-state index in [2.05, 4.69) is 6.07 Å². The van der Waals surface area contributed by atoms with Gasteiger partial charge >= 0.3 is 0 Å². The zero-order valence-electron chi connectivity index (χ0n) is 11.9. The van der Waals surface area contributed by atoms with E-state index in [4.69, 9.17) is 5.26 Å². The minimum Gasteiger partial charge on any atom is -0.337 e. The van der Waals surface area contributed by atoms with Crippen LogP contribution in [0.3, 0.4) is 0 Å². The van der Waals surface area contributed by atoms with Crippen LogP contribution in [0, 0.1) is 24.1 Å². The van der Waals surface area contributed by atoms with Crippen molar-refractivity contribution in [3.63, 3.8) is 0 Å². The molecule has 2 aromatic rings. The van der Waals surface area contributed by atoms with Crippen LogP contribution in [0.2, 0.25) is 0 Å². The third kappa shape index (κ3) is 3.46. The van der Waals surface area contributed by atoms with Gasteiger partial charge in [0.05, 0.1) is 11.6 Å². The van der Waals surface area contributed by atoms with Crippen LogP contribution in [0.4, 0.5) is 4.39 Å². The summed E-state index contributed by atoms with van der Waals surface area (Å²) in [6, 6.07) is 13.3. The third-order valence-corrected chi connectivity index (χ3v) is 3.24. The highest BCUT2D eigenvalue weighted by molar-refractivity contribution is 5.95. The quantitative estimate of drug-likeness (QED) is 0.867. The summed E-state index contributed by atoms with van der Waals surface area (Å²) in [5.41, 5.74) is 2.53. The first-order chi connectivity index (χ1) is 10.0. The second-order valence-corrected chi connectivity index (χ2v) is 4.93. The number of hydrogen-bond acceptors (Lipinski definition) is 2. The first-order valence-corrected chi connectivity index (χ1v) is 6.52. The Morgan fingerprint density at radius 2 is 2.05 bits per heavy atom. The largest absolute Gasteiger partial charge is 0.337 e. The number of nitrogens with zero attached hydrogens (tertiary/aromatic N) is 2. The van der Waals surface area contributed by atoms with E-state index in [0.717, 1.165) is 5.56 Å². The molecule has 21 heavy (non-hydrogen) atoms. The summed E-state index contributed by atoms with van der Waals surface area (Å²) in [6.45, 7) is 2.10. The molecule has 0 aliphatic carbocycles. The number of carbonyl (C=O) groups excluding carboxylic acids is 1. The summed E-state index contributed by atoms with van der Waals surface area (Å²) < 4.78 is 13.1. The second kappa shape index (κ2) is 6.19. The highest BCUT2D eigenvalue weighted by atomic mass is 19.1. The predicted molar refractivity (Wildman–Crippen MR) is 78.1 cm³/mol. The number of carbonyl (C=O) groups is 1. The van der Waals surface area contributed by atoms with Crippen molar-refractivity contribution in [2.45, 2.75) is 13.5 Å². The van der Waals surface area contributed by atoms with Crippen LogP contribution in [0.1, 0.15) is 27.0 Å². The molecule has 0 fully saturated rings. The summed E-state index contributed by atoms with van der Waals surface area (Å²) in [5.74, 6) is -0.525. The van der Waals surface area contributed by atoms with E-state index >= 15 is 0 Å². The van der Waals surface area contributed by atoms with Crippen molar-refractivity contribution in [2.24, 2.45) is 0 Å². The molecule has 0 atom stereocenters. The molecule has 106 valence electrons. The van der Waals surface area contributed by atoms with Crippen LogP contribution in [-0.2, 0) is 6.54 Å². The SMILES string of the molecule is Cc1cc(F)ccc1C(=O)N(C)Cc1cccc(C#N)c1. The van der Waals surface area contributed by atoms with Gasteiger partial charge in [-0.2, -0.15) is 5.26 Å². The molecule has 0 aromatic heterocycles. The Hall–Kier alpha value is -2.67. The summed E-state index contributed by atoms with van der Waals surface area (Å²) in [6.07, 6.45) is 0. The molecule has 0 unspecified atom stereocenters. The Balaban J connectivity index is 2.17. The lowest BCUT2D eigenvalue weighted by molar-refractivity contribution is 0.0784. The van der Waals surface area contributed by atoms with Gasteiger partial charge in [0.25, 0.3) is 5.91 Å². The number of hydrogen-bond donors (Lipinski definition) is 0. The van der Waals surface area contributed by atoms with Crippen molar-refractivity contribution >= 4 is 5.91 Å². The van der Waals surface area contributed by atoms with Crippen LogP contribution in [0.5, 0.6) is 0 Å². The van der Waals surface area contributed by atoms with Gasteiger partial charge in [-0.1, -0.05) is 12.1 Å². The maximum Gasteiger partial charge on any atom is 0.254 e. The number of amides is 1. The smallest absolute Gasteiger partial charge is 0.254 e. The first-order valence-electron chi connectivity index (χ1n) is 6.52. The van der Waals surface area contributed by atoms with E-state index in [0.29, 0.717) is 23.2 Å². The van der Waals surface area contributed by atoms with Gasteiger partial charge in [0.15, 0.2) is 0 Å². The van der Waals surface area contributed by atoms with E-state index in [9.17, 15) is 9.18 Å². The van der Waals surface area contributed by atoms with Gasteiger partial charge in [0.2, 0.25) is 0 Å². The van der Waals surface area contributed by atoms with Crippen molar-refractivity contribution in [1.82, 2.24) is 4.90 Å². The topological polar surface area (TPSA) is 44.1 Å². The van der Waals surface area contributed by atoms with Crippen LogP contribution < -0.4 is 0 Å². The molecule has 2 aromatic carbocycles. The van der Waals surface area contributed by atoms with Crippen molar-refractivity contribution in [3.8, 4) is 6.07 Å². The zero-order chi connectivity index (χ0) is 15.4. The summed E-state index contributed by atoms with van der Waals surface area (Å²) in [5, 5.41) is 8.88. The minimum absolute atomic E-state index is 0.171. The van der Waals surface area contributed by atoms with E-state index in [-0.39, 0.29) is 11.7 Å². The number of rotatable bonds is 3. The van der Waals surface area contributed by atoms with Crippen LogP contribution >= 0.6 is 0 Å². The molecule has 1 amide bonds. The Labute approximate surface area is 123 Å². The van der Waals surface area contributed by atoms with E-state index < -0.39 is 0 Å². The fourth-order valence-electron chi connectivity index (χ4n) is 2.16. The Morgan fingerprint density at radius 1 is 1.29 bits per heavy atom. The Bertz CT molecular complexity index is 719. The molecule has 0 N–H and O–H groups in total. The molecule has 0 aliphatic heterocycles. The lowest BCUT2D eigenvalue weighted by Crippen LogP contribution is -2.26. The normalized spacial score (nSPS) is 10.0. The monoisotopic (exact) mass is 282 g/mol. The van der Waals surface area contributed by atoms with Gasteiger partial charge in [0, 0.05) is 19.2 Å². The maximum absolute atomic E-state index is 13.1. The summed E-state index contributed by atoms with van der Waals surface area (Å²) in [7, 11) is 1.68. The molecule has 0 saturated carbocycles. The van der Waals surface area contributed by atoms with Crippen LogP contribution in [0.15, 0.2) is 42.5 Å². The number of benzene rings is 2. The molecule has 3 nitrogen and oxygen atoms in total. The predicted octanol–water partition coefficient (Wildman–Crippen LogP) is 3.28. The van der Waals surface area contributed by atoms with Gasteiger partial charge in [-0.05, 0) is 48.4 Å². The van der Waals surface area contributed by atoms with E-state index in [1.807, 2.05) is 6.07 Å². The van der Waals surface area contributed by atoms with Gasteiger partial charge in [-0.3, -0.25) is 4.79 Å². The zero-order valence-corrected chi connectivity index (χ0v) is 11.9. The molecule has 0 heterocycles. The molecular formula is C17H15FN2O. The molecule has 0 spiro atoms. The van der Waals surface area contributed by atoms with Gasteiger partial charge in [-0.25, -0.2) is 4.39 Å². The number of nitriles is 1. The molecule has 0 radical (unpaired) electrons. The van der Waals surface area contributed by atoms with Gasteiger partial charge in [0.1, 0.15) is 5.82 Å². The van der Waals surface area contributed by atoms with Crippen molar-refractivity contribution < 1.29 is 9.18 Å². The highest BCUT2D eigenvalue weighted by Gasteiger charge is 2.14. The van der Waals surface area contributed by atoms with Gasteiger partial charge in [-0.15, -0.1) is 0 Å². The van der Waals surface area contributed by atoms with Crippen LogP contribution in [-0.4, -0.2) is 17.9 Å². The maximum atomic E-state index is 13.1. The average molecular weight is 282 g/mol. The molecular weight excluding hydrogens is 267 g/mol. The van der Waals surface area contributed by atoms with E-state index in [1.165, 1.54) is 18.2 Å². The first kappa shape index (κ1) is 14.7. The standard InChI is InChI=1S/C17H15FN2O/c1-12-8-15(18)6-7-16(12)17(21)20(2)11-14-5-3-4-13(9-14)10-19/h3-9H,11H2,1-2H3. The molecule has 0 saturated heterocycles. The van der Waals surface area contributed by atoms with Crippen molar-refractivity contribution in [1.29, 1.82) is 5.26 Å². The summed E-state index contributed by atoms with van der Waals surface area (Å²) in [4.78, 5) is 13.9. The summed E-state index contributed by atoms with van der Waals surface area (Å²) >= 11 is 0. The van der Waals surface area contributed by atoms with Crippen molar-refractivity contribution in [2.75, 3.05) is 7.05 Å². The molecule has 4 heteroatoms. The fourth-order valence-corrected chi connectivity index (χ4v) is 2.16.